The summed E-state index contributed by atoms with van der Waals surface area (Å²) in [6, 6.07) is 8.41. The molecule has 0 aliphatic heterocycles. The van der Waals surface area contributed by atoms with Crippen LogP contribution in [0.4, 0.5) is 0 Å². The monoisotopic (exact) mass is 273 g/mol. The third-order valence-electron chi connectivity index (χ3n) is 2.99. The number of aromatic amines is 1. The van der Waals surface area contributed by atoms with Crippen LogP contribution in [0.15, 0.2) is 30.5 Å². The summed E-state index contributed by atoms with van der Waals surface area (Å²) in [6.07, 6.45) is 2.45. The largest absolute Gasteiger partial charge is 0.361 e. The van der Waals surface area contributed by atoms with Crippen molar-refractivity contribution in [3.8, 4) is 0 Å². The van der Waals surface area contributed by atoms with Crippen LogP contribution >= 0.6 is 0 Å². The molecule has 0 aliphatic carbocycles. The molecule has 2 rings (SSSR count). The summed E-state index contributed by atoms with van der Waals surface area (Å²) in [5.74, 6) is 0.0878. The maximum atomic E-state index is 11.7. The predicted molar refractivity (Wildman–Crippen MR) is 82.5 cm³/mol. The molecule has 4 nitrogen and oxygen atoms in total. The zero-order chi connectivity index (χ0) is 14.6. The average Bonchev–Trinajstić information content (AvgIpc) is 2.79. The fourth-order valence-electron chi connectivity index (χ4n) is 2.12. The second-order valence-electron chi connectivity index (χ2n) is 6.12. The smallest absolute Gasteiger partial charge is 0.221 e. The van der Waals surface area contributed by atoms with Crippen LogP contribution in [0.1, 0.15) is 32.8 Å². The normalized spacial score (nSPS) is 11.8. The van der Waals surface area contributed by atoms with Crippen LogP contribution in [0.5, 0.6) is 0 Å². The first-order chi connectivity index (χ1) is 9.44. The third kappa shape index (κ3) is 4.38. The Balaban J connectivity index is 1.74. The van der Waals surface area contributed by atoms with Gasteiger partial charge in [-0.15, -0.1) is 0 Å². The molecular formula is C16H23N3O. The molecule has 108 valence electrons. The van der Waals surface area contributed by atoms with Crippen molar-refractivity contribution in [1.29, 1.82) is 0 Å². The highest BCUT2D eigenvalue weighted by molar-refractivity contribution is 5.79. The second-order valence-corrected chi connectivity index (χ2v) is 6.12. The van der Waals surface area contributed by atoms with E-state index in [1.165, 1.54) is 10.9 Å². The van der Waals surface area contributed by atoms with Gasteiger partial charge in [0.2, 0.25) is 5.91 Å². The first-order valence-electron chi connectivity index (χ1n) is 7.02. The van der Waals surface area contributed by atoms with E-state index in [-0.39, 0.29) is 11.4 Å². The van der Waals surface area contributed by atoms with Gasteiger partial charge in [0.15, 0.2) is 0 Å². The molecule has 0 radical (unpaired) electrons. The van der Waals surface area contributed by atoms with Gasteiger partial charge in [0, 0.05) is 36.8 Å². The Hall–Kier alpha value is -1.81. The van der Waals surface area contributed by atoms with Gasteiger partial charge in [-0.25, -0.2) is 0 Å². The molecule has 1 aromatic carbocycles. The number of H-pyrrole nitrogens is 1. The predicted octanol–water partition coefficient (Wildman–Crippen LogP) is 2.56. The van der Waals surface area contributed by atoms with Crippen LogP contribution in [-0.2, 0) is 11.3 Å². The van der Waals surface area contributed by atoms with E-state index >= 15 is 0 Å². The van der Waals surface area contributed by atoms with Gasteiger partial charge < -0.3 is 15.6 Å². The highest BCUT2D eigenvalue weighted by Crippen LogP contribution is 2.13. The lowest BCUT2D eigenvalue weighted by Gasteiger charge is -2.20. The maximum Gasteiger partial charge on any atom is 0.221 e. The number of carbonyl (C=O) groups excluding carboxylic acids is 1. The van der Waals surface area contributed by atoms with Crippen LogP contribution < -0.4 is 10.6 Å². The highest BCUT2D eigenvalue weighted by Gasteiger charge is 2.12. The molecular weight excluding hydrogens is 250 g/mol. The van der Waals surface area contributed by atoms with E-state index in [9.17, 15) is 4.79 Å². The highest BCUT2D eigenvalue weighted by atomic mass is 16.1. The summed E-state index contributed by atoms with van der Waals surface area (Å²) in [5, 5.41) is 7.48. The number of rotatable bonds is 5. The average molecular weight is 273 g/mol. The Morgan fingerprint density at radius 2 is 2.05 bits per heavy atom. The Bertz CT molecular complexity index is 581. The molecule has 0 saturated carbocycles. The zero-order valence-electron chi connectivity index (χ0n) is 12.4. The molecule has 0 unspecified atom stereocenters. The van der Waals surface area contributed by atoms with Crippen molar-refractivity contribution in [2.24, 2.45) is 0 Å². The molecule has 0 aliphatic rings. The summed E-state index contributed by atoms with van der Waals surface area (Å²) >= 11 is 0. The van der Waals surface area contributed by atoms with E-state index < -0.39 is 0 Å². The van der Waals surface area contributed by atoms with Crippen LogP contribution in [0, 0.1) is 0 Å². The molecule has 0 spiro atoms. The van der Waals surface area contributed by atoms with Crippen LogP contribution in [0.25, 0.3) is 10.9 Å². The van der Waals surface area contributed by atoms with Gasteiger partial charge in [-0.3, -0.25) is 4.79 Å². The van der Waals surface area contributed by atoms with Crippen molar-refractivity contribution in [2.45, 2.75) is 39.3 Å². The third-order valence-corrected chi connectivity index (χ3v) is 2.99. The number of carbonyl (C=O) groups is 1. The van der Waals surface area contributed by atoms with E-state index in [2.05, 4.69) is 39.9 Å². The summed E-state index contributed by atoms with van der Waals surface area (Å²) in [5.41, 5.74) is 2.21. The number of benzene rings is 1. The van der Waals surface area contributed by atoms with Gasteiger partial charge in [0.05, 0.1) is 0 Å². The number of nitrogens with one attached hydrogen (secondary N) is 3. The number of hydrogen-bond donors (Lipinski definition) is 3. The second kappa shape index (κ2) is 6.09. The molecule has 2 aromatic rings. The molecule has 0 saturated heterocycles. The van der Waals surface area contributed by atoms with E-state index in [1.54, 1.807) is 0 Å². The van der Waals surface area contributed by atoms with Crippen molar-refractivity contribution < 1.29 is 4.79 Å². The molecule has 0 fully saturated rings. The van der Waals surface area contributed by atoms with Crippen LogP contribution in [0.2, 0.25) is 0 Å². The molecule has 1 amide bonds. The van der Waals surface area contributed by atoms with Crippen LogP contribution in [-0.4, -0.2) is 23.0 Å². The van der Waals surface area contributed by atoms with Gasteiger partial charge in [0.25, 0.3) is 0 Å². The number of aromatic nitrogens is 1. The number of fused-ring (bicyclic) bond motifs is 1. The lowest BCUT2D eigenvalue weighted by molar-refractivity contribution is -0.122. The van der Waals surface area contributed by atoms with Gasteiger partial charge in [-0.2, -0.15) is 0 Å². The Kier molecular flexibility index (Phi) is 4.45. The van der Waals surface area contributed by atoms with Gasteiger partial charge in [0.1, 0.15) is 0 Å². The van der Waals surface area contributed by atoms with Crippen molar-refractivity contribution in [2.75, 3.05) is 6.54 Å². The zero-order valence-corrected chi connectivity index (χ0v) is 12.4. The van der Waals surface area contributed by atoms with Gasteiger partial charge in [-0.1, -0.05) is 12.1 Å². The molecule has 20 heavy (non-hydrogen) atoms. The van der Waals surface area contributed by atoms with Crippen molar-refractivity contribution >= 4 is 16.8 Å². The molecule has 1 heterocycles. The first-order valence-corrected chi connectivity index (χ1v) is 7.02. The van der Waals surface area contributed by atoms with Crippen molar-refractivity contribution in [1.82, 2.24) is 15.6 Å². The molecule has 4 heteroatoms. The minimum absolute atomic E-state index is 0.0878. The fourth-order valence-corrected chi connectivity index (χ4v) is 2.12. The quantitative estimate of drug-likeness (QED) is 0.733. The van der Waals surface area contributed by atoms with E-state index in [4.69, 9.17) is 0 Å². The lowest BCUT2D eigenvalue weighted by atomic mass is 10.1. The molecule has 0 bridgehead atoms. The molecule has 1 aromatic heterocycles. The summed E-state index contributed by atoms with van der Waals surface area (Å²) in [6.45, 7) is 7.43. The lowest BCUT2D eigenvalue weighted by Crippen LogP contribution is -2.41. The minimum Gasteiger partial charge on any atom is -0.361 e. The van der Waals surface area contributed by atoms with E-state index in [0.29, 0.717) is 13.0 Å². The Labute approximate surface area is 120 Å². The summed E-state index contributed by atoms with van der Waals surface area (Å²) < 4.78 is 0. The van der Waals surface area contributed by atoms with Gasteiger partial charge in [-0.05, 0) is 43.9 Å². The van der Waals surface area contributed by atoms with E-state index in [0.717, 1.165) is 12.1 Å². The van der Waals surface area contributed by atoms with Crippen LogP contribution in [0.3, 0.4) is 0 Å². The molecule has 0 atom stereocenters. The Morgan fingerprint density at radius 3 is 2.80 bits per heavy atom. The minimum atomic E-state index is -0.157. The number of hydrogen-bond acceptors (Lipinski definition) is 2. The summed E-state index contributed by atoms with van der Waals surface area (Å²) in [7, 11) is 0. The molecule has 3 N–H and O–H groups in total. The van der Waals surface area contributed by atoms with Crippen molar-refractivity contribution in [3.63, 3.8) is 0 Å². The maximum absolute atomic E-state index is 11.7. The van der Waals surface area contributed by atoms with Gasteiger partial charge >= 0.3 is 0 Å². The first kappa shape index (κ1) is 14.6. The Morgan fingerprint density at radius 1 is 1.25 bits per heavy atom. The SMILES string of the molecule is CC(C)(C)NC(=O)CCNCc1ccc2cc[nH]c2c1. The van der Waals surface area contributed by atoms with E-state index in [1.807, 2.05) is 27.0 Å². The number of amides is 1. The summed E-state index contributed by atoms with van der Waals surface area (Å²) in [4.78, 5) is 14.9. The topological polar surface area (TPSA) is 56.9 Å². The fraction of sp³-hybridized carbons (Fsp3) is 0.438. The standard InChI is InChI=1S/C16H23N3O/c1-16(2,3)19-15(20)7-8-17-11-12-4-5-13-6-9-18-14(13)10-12/h4-6,9-10,17-18H,7-8,11H2,1-3H3,(H,19,20). The van der Waals surface area contributed by atoms with Crippen molar-refractivity contribution in [3.05, 3.63) is 36.0 Å².